The number of nitrogens with zero attached hydrogens (tertiary/aromatic N) is 2. The molecule has 20 heavy (non-hydrogen) atoms. The molecule has 110 valence electrons. The van der Waals surface area contributed by atoms with Crippen LogP contribution in [-0.2, 0) is 10.0 Å². The Kier molecular flexibility index (Phi) is 3.85. The maximum absolute atomic E-state index is 12.3. The number of anilines is 1. The van der Waals surface area contributed by atoms with Gasteiger partial charge in [0.25, 0.3) is 0 Å². The number of rotatable bonds is 4. The molecule has 0 saturated carbocycles. The number of fused-ring (bicyclic) bond motifs is 1. The molecule has 1 aliphatic heterocycles. The highest BCUT2D eigenvalue weighted by Gasteiger charge is 2.30. The first kappa shape index (κ1) is 14.6. The zero-order valence-corrected chi connectivity index (χ0v) is 12.1. The van der Waals surface area contributed by atoms with E-state index in [0.29, 0.717) is 0 Å². The fourth-order valence-corrected chi connectivity index (χ4v) is 3.80. The fourth-order valence-electron chi connectivity index (χ4n) is 1.99. The molecule has 0 aliphatic carbocycles. The molecule has 0 atom stereocenters. The van der Waals surface area contributed by atoms with Crippen molar-refractivity contribution in [1.82, 2.24) is 4.98 Å². The van der Waals surface area contributed by atoms with Crippen LogP contribution in [0.1, 0.15) is 24.2 Å². The Hall–Kier alpha value is -1.83. The van der Waals surface area contributed by atoms with E-state index in [1.165, 1.54) is 10.4 Å². The zero-order chi connectivity index (χ0) is 14.9. The van der Waals surface area contributed by atoms with Gasteiger partial charge in [0, 0.05) is 6.20 Å². The minimum Gasteiger partial charge on any atom is -0.478 e. The summed E-state index contributed by atoms with van der Waals surface area (Å²) in [7, 11) is -3.52. The smallest absolute Gasteiger partial charge is 0.337 e. The van der Waals surface area contributed by atoms with Crippen LogP contribution in [0.2, 0.25) is 0 Å². The molecule has 2 heterocycles. The molecule has 0 bridgehead atoms. The number of hydrogen-bond acceptors (Lipinski definition) is 5. The van der Waals surface area contributed by atoms with Crippen molar-refractivity contribution in [3.8, 4) is 5.88 Å². The van der Waals surface area contributed by atoms with Gasteiger partial charge in [-0.1, -0.05) is 13.8 Å². The average Bonchev–Trinajstić information content (AvgIpc) is 2.35. The van der Waals surface area contributed by atoms with E-state index in [1.54, 1.807) is 0 Å². The second-order valence-electron chi connectivity index (χ2n) is 4.95. The average molecular weight is 300 g/mol. The highest BCUT2D eigenvalue weighted by atomic mass is 32.2. The summed E-state index contributed by atoms with van der Waals surface area (Å²) < 4.78 is 31.1. The molecule has 1 aromatic heterocycles. The standard InChI is InChI=1S/C12H16N2O5S/c1-8(2)7-20(17,18)14-3-4-19-11-10(14)5-9(6-13-11)12(15)16/h5-6,8H,3-4,7H2,1-2H3,(H,15,16). The molecule has 1 aliphatic rings. The maximum Gasteiger partial charge on any atom is 0.337 e. The number of aromatic carboxylic acids is 1. The molecule has 0 amide bonds. The summed E-state index contributed by atoms with van der Waals surface area (Å²) in [5.74, 6) is -1.05. The van der Waals surface area contributed by atoms with E-state index in [-0.39, 0.29) is 42.0 Å². The number of hydrogen-bond donors (Lipinski definition) is 1. The molecule has 0 saturated heterocycles. The molecule has 0 spiro atoms. The Morgan fingerprint density at radius 1 is 1.55 bits per heavy atom. The van der Waals surface area contributed by atoms with E-state index in [1.807, 2.05) is 13.8 Å². The Balaban J connectivity index is 2.46. The Morgan fingerprint density at radius 2 is 2.25 bits per heavy atom. The van der Waals surface area contributed by atoms with Gasteiger partial charge >= 0.3 is 5.97 Å². The molecule has 8 heteroatoms. The Labute approximate surface area is 117 Å². The molecule has 0 radical (unpaired) electrons. The first-order valence-electron chi connectivity index (χ1n) is 6.18. The van der Waals surface area contributed by atoms with Gasteiger partial charge in [0.2, 0.25) is 15.9 Å². The van der Waals surface area contributed by atoms with Gasteiger partial charge < -0.3 is 9.84 Å². The lowest BCUT2D eigenvalue weighted by Gasteiger charge is -2.30. The number of sulfonamides is 1. The van der Waals surface area contributed by atoms with Crippen LogP contribution in [0.5, 0.6) is 5.88 Å². The summed E-state index contributed by atoms with van der Waals surface area (Å²) in [6.45, 7) is 3.98. The van der Waals surface area contributed by atoms with Crippen LogP contribution in [0, 0.1) is 5.92 Å². The quantitative estimate of drug-likeness (QED) is 0.889. The lowest BCUT2D eigenvalue weighted by atomic mass is 10.2. The Morgan fingerprint density at radius 3 is 2.85 bits per heavy atom. The van der Waals surface area contributed by atoms with E-state index in [9.17, 15) is 13.2 Å². The van der Waals surface area contributed by atoms with Crippen LogP contribution < -0.4 is 9.04 Å². The fraction of sp³-hybridized carbons (Fsp3) is 0.500. The number of pyridine rings is 1. The monoisotopic (exact) mass is 300 g/mol. The minimum atomic E-state index is -3.52. The van der Waals surface area contributed by atoms with Crippen LogP contribution in [0.3, 0.4) is 0 Å². The molecule has 0 aromatic carbocycles. The van der Waals surface area contributed by atoms with Crippen LogP contribution in [0.15, 0.2) is 12.3 Å². The number of aromatic nitrogens is 1. The predicted octanol–water partition coefficient (Wildman–Crippen LogP) is 0.964. The lowest BCUT2D eigenvalue weighted by molar-refractivity contribution is 0.0696. The van der Waals surface area contributed by atoms with Crippen LogP contribution >= 0.6 is 0 Å². The predicted molar refractivity (Wildman–Crippen MR) is 72.7 cm³/mol. The van der Waals surface area contributed by atoms with Crippen molar-refractivity contribution in [3.63, 3.8) is 0 Å². The normalized spacial score (nSPS) is 14.8. The van der Waals surface area contributed by atoms with Crippen molar-refractivity contribution in [2.75, 3.05) is 23.2 Å². The molecule has 7 nitrogen and oxygen atoms in total. The molecule has 1 N–H and O–H groups in total. The van der Waals surface area contributed by atoms with E-state index >= 15 is 0 Å². The third kappa shape index (κ3) is 2.84. The molecule has 0 unspecified atom stereocenters. The summed E-state index contributed by atoms with van der Waals surface area (Å²) >= 11 is 0. The van der Waals surface area contributed by atoms with Crippen molar-refractivity contribution in [2.45, 2.75) is 13.8 Å². The van der Waals surface area contributed by atoms with E-state index in [4.69, 9.17) is 9.84 Å². The second-order valence-corrected chi connectivity index (χ2v) is 6.88. The highest BCUT2D eigenvalue weighted by Crippen LogP contribution is 2.32. The van der Waals surface area contributed by atoms with Crippen LogP contribution in [-0.4, -0.2) is 43.4 Å². The maximum atomic E-state index is 12.3. The molecular weight excluding hydrogens is 284 g/mol. The van der Waals surface area contributed by atoms with Crippen molar-refractivity contribution < 1.29 is 23.1 Å². The van der Waals surface area contributed by atoms with Crippen molar-refractivity contribution in [1.29, 1.82) is 0 Å². The van der Waals surface area contributed by atoms with Crippen LogP contribution in [0.25, 0.3) is 0 Å². The highest BCUT2D eigenvalue weighted by molar-refractivity contribution is 7.92. The van der Waals surface area contributed by atoms with E-state index in [0.717, 1.165) is 6.20 Å². The first-order valence-corrected chi connectivity index (χ1v) is 7.78. The van der Waals surface area contributed by atoms with Gasteiger partial charge in [0.1, 0.15) is 12.3 Å². The van der Waals surface area contributed by atoms with Gasteiger partial charge in [-0.05, 0) is 12.0 Å². The summed E-state index contributed by atoms with van der Waals surface area (Å²) in [5, 5.41) is 8.97. The van der Waals surface area contributed by atoms with Gasteiger partial charge in [-0.2, -0.15) is 0 Å². The third-order valence-electron chi connectivity index (χ3n) is 2.76. The third-order valence-corrected chi connectivity index (χ3v) is 4.90. The van der Waals surface area contributed by atoms with Crippen molar-refractivity contribution >= 4 is 21.7 Å². The summed E-state index contributed by atoms with van der Waals surface area (Å²) in [4.78, 5) is 14.8. The summed E-state index contributed by atoms with van der Waals surface area (Å²) in [6.07, 6.45) is 1.15. The lowest BCUT2D eigenvalue weighted by Crippen LogP contribution is -2.40. The molecule has 1 aromatic rings. The van der Waals surface area contributed by atoms with Crippen molar-refractivity contribution in [3.05, 3.63) is 17.8 Å². The van der Waals surface area contributed by atoms with Crippen molar-refractivity contribution in [2.24, 2.45) is 5.92 Å². The first-order chi connectivity index (χ1) is 9.31. The van der Waals surface area contributed by atoms with E-state index in [2.05, 4.69) is 4.98 Å². The number of carbonyl (C=O) groups is 1. The molecule has 0 fully saturated rings. The van der Waals surface area contributed by atoms with Gasteiger partial charge in [-0.3, -0.25) is 4.31 Å². The summed E-state index contributed by atoms with van der Waals surface area (Å²) in [5.41, 5.74) is 0.121. The summed E-state index contributed by atoms with van der Waals surface area (Å²) in [6, 6.07) is 1.28. The topological polar surface area (TPSA) is 96.8 Å². The SMILES string of the molecule is CC(C)CS(=O)(=O)N1CCOc2ncc(C(=O)O)cc21. The van der Waals surface area contributed by atoms with Gasteiger partial charge in [-0.25, -0.2) is 18.2 Å². The second kappa shape index (κ2) is 5.28. The van der Waals surface area contributed by atoms with Gasteiger partial charge in [0.05, 0.1) is 17.9 Å². The largest absolute Gasteiger partial charge is 0.478 e. The molecular formula is C12H16N2O5S. The van der Waals surface area contributed by atoms with Crippen LogP contribution in [0.4, 0.5) is 5.69 Å². The van der Waals surface area contributed by atoms with E-state index < -0.39 is 16.0 Å². The number of ether oxygens (including phenoxy) is 1. The minimum absolute atomic E-state index is 0.0102. The number of carboxylic acids is 1. The van der Waals surface area contributed by atoms with Gasteiger partial charge in [-0.15, -0.1) is 0 Å². The molecule has 2 rings (SSSR count). The number of carboxylic acid groups (broad SMARTS) is 1. The zero-order valence-electron chi connectivity index (χ0n) is 11.2. The Bertz CT molecular complexity index is 627. The van der Waals surface area contributed by atoms with Gasteiger partial charge in [0.15, 0.2) is 0 Å².